The molecule has 1 fully saturated rings. The van der Waals surface area contributed by atoms with E-state index in [9.17, 15) is 0 Å². The van der Waals surface area contributed by atoms with Gasteiger partial charge in [-0.05, 0) is 53.8 Å². The Bertz CT molecular complexity index is 315. The maximum Gasteiger partial charge on any atom is 0.164 e. The lowest BCUT2D eigenvalue weighted by Gasteiger charge is -2.18. The van der Waals surface area contributed by atoms with Gasteiger partial charge in [0, 0.05) is 11.3 Å². The van der Waals surface area contributed by atoms with Crippen LogP contribution in [-0.2, 0) is 6.54 Å². The molecule has 2 nitrogen and oxygen atoms in total. The van der Waals surface area contributed by atoms with Crippen LogP contribution in [0.1, 0.15) is 25.0 Å². The second kappa shape index (κ2) is 5.59. The molecule has 15 heavy (non-hydrogen) atoms. The van der Waals surface area contributed by atoms with E-state index < -0.39 is 0 Å². The predicted octanol–water partition coefficient (Wildman–Crippen LogP) is 3.26. The molecule has 0 spiro atoms. The zero-order valence-electron chi connectivity index (χ0n) is 8.83. The first-order valence-electron chi connectivity index (χ1n) is 5.30. The molecule has 84 valence electrons. The predicted molar refractivity (Wildman–Crippen MR) is 73.2 cm³/mol. The van der Waals surface area contributed by atoms with Crippen LogP contribution in [0, 0.1) is 3.77 Å². The molecule has 1 N–H and O–H groups in total. The van der Waals surface area contributed by atoms with Gasteiger partial charge >= 0.3 is 0 Å². The van der Waals surface area contributed by atoms with Crippen LogP contribution in [0.15, 0.2) is 16.5 Å². The summed E-state index contributed by atoms with van der Waals surface area (Å²) in [4.78, 5) is 0. The van der Waals surface area contributed by atoms with Crippen molar-refractivity contribution in [1.29, 1.82) is 0 Å². The summed E-state index contributed by atoms with van der Waals surface area (Å²) in [7, 11) is 0. The molecule has 0 aliphatic heterocycles. The molecule has 0 amide bonds. The zero-order chi connectivity index (χ0) is 10.7. The van der Waals surface area contributed by atoms with E-state index >= 15 is 0 Å². The first-order valence-corrected chi connectivity index (χ1v) is 7.66. The van der Waals surface area contributed by atoms with Crippen molar-refractivity contribution in [2.75, 3.05) is 6.26 Å². The standard InChI is InChI=1S/C11H16INOS/c1-15-10-4-2-3-9(10)13-7-8-5-6-11(12)14-8/h5-6,9-10,13H,2-4,7H2,1H3. The molecular weight excluding hydrogens is 321 g/mol. The maximum absolute atomic E-state index is 5.53. The lowest BCUT2D eigenvalue weighted by Crippen LogP contribution is -2.33. The Balaban J connectivity index is 1.82. The van der Waals surface area contributed by atoms with Crippen LogP contribution in [0.3, 0.4) is 0 Å². The molecule has 0 saturated heterocycles. The number of hydrogen-bond acceptors (Lipinski definition) is 3. The third-order valence-electron chi connectivity index (χ3n) is 2.92. The van der Waals surface area contributed by atoms with Crippen LogP contribution in [0.5, 0.6) is 0 Å². The molecule has 0 bridgehead atoms. The van der Waals surface area contributed by atoms with Crippen molar-refractivity contribution in [2.24, 2.45) is 0 Å². The van der Waals surface area contributed by atoms with Gasteiger partial charge in [-0.2, -0.15) is 11.8 Å². The molecule has 4 heteroatoms. The molecule has 2 rings (SSSR count). The summed E-state index contributed by atoms with van der Waals surface area (Å²) >= 11 is 4.19. The first-order chi connectivity index (χ1) is 7.29. The SMILES string of the molecule is CSC1CCCC1NCc1ccc(I)o1. The van der Waals surface area contributed by atoms with Gasteiger partial charge in [0.2, 0.25) is 0 Å². The van der Waals surface area contributed by atoms with E-state index in [1.807, 2.05) is 17.8 Å². The molecule has 1 aromatic rings. The van der Waals surface area contributed by atoms with Crippen molar-refractivity contribution in [1.82, 2.24) is 5.32 Å². The number of furan rings is 1. The number of thioether (sulfide) groups is 1. The fourth-order valence-electron chi connectivity index (χ4n) is 2.12. The number of halogens is 1. The number of nitrogens with one attached hydrogen (secondary N) is 1. The Hall–Kier alpha value is 0.320. The molecule has 1 saturated carbocycles. The Morgan fingerprint density at radius 1 is 1.53 bits per heavy atom. The molecule has 1 aromatic heterocycles. The molecular formula is C11H16INOS. The third-order valence-corrected chi connectivity index (χ3v) is 4.67. The molecule has 0 radical (unpaired) electrons. The van der Waals surface area contributed by atoms with Gasteiger partial charge in [0.05, 0.1) is 6.54 Å². The van der Waals surface area contributed by atoms with Gasteiger partial charge in [0.15, 0.2) is 3.77 Å². The quantitative estimate of drug-likeness (QED) is 0.854. The summed E-state index contributed by atoms with van der Waals surface area (Å²) in [5, 5.41) is 4.39. The second-order valence-corrected chi connectivity index (χ2v) is 6.04. The van der Waals surface area contributed by atoms with Gasteiger partial charge in [-0.1, -0.05) is 6.42 Å². The molecule has 1 heterocycles. The molecule has 0 aromatic carbocycles. The van der Waals surface area contributed by atoms with E-state index in [1.54, 1.807) is 0 Å². The van der Waals surface area contributed by atoms with E-state index in [0.29, 0.717) is 6.04 Å². The van der Waals surface area contributed by atoms with Crippen molar-refractivity contribution in [3.05, 3.63) is 21.7 Å². The average Bonchev–Trinajstić information content (AvgIpc) is 2.83. The Morgan fingerprint density at radius 2 is 2.40 bits per heavy atom. The van der Waals surface area contributed by atoms with Crippen LogP contribution < -0.4 is 5.32 Å². The van der Waals surface area contributed by atoms with E-state index in [4.69, 9.17) is 4.42 Å². The second-order valence-electron chi connectivity index (χ2n) is 3.90. The van der Waals surface area contributed by atoms with Crippen molar-refractivity contribution in [3.8, 4) is 0 Å². The van der Waals surface area contributed by atoms with E-state index in [1.165, 1.54) is 19.3 Å². The highest BCUT2D eigenvalue weighted by Crippen LogP contribution is 2.28. The summed E-state index contributed by atoms with van der Waals surface area (Å²) in [6, 6.07) is 4.73. The fourth-order valence-corrected chi connectivity index (χ4v) is 3.55. The summed E-state index contributed by atoms with van der Waals surface area (Å²) in [6.07, 6.45) is 6.23. The summed E-state index contributed by atoms with van der Waals surface area (Å²) < 4.78 is 6.50. The zero-order valence-corrected chi connectivity index (χ0v) is 11.8. The van der Waals surface area contributed by atoms with E-state index in [-0.39, 0.29) is 0 Å². The lowest BCUT2D eigenvalue weighted by atomic mass is 10.2. The smallest absolute Gasteiger partial charge is 0.164 e. The minimum absolute atomic E-state index is 0.669. The Kier molecular flexibility index (Phi) is 4.40. The summed E-state index contributed by atoms with van der Waals surface area (Å²) in [5.41, 5.74) is 0. The third kappa shape index (κ3) is 3.14. The van der Waals surface area contributed by atoms with Crippen LogP contribution >= 0.6 is 34.4 Å². The van der Waals surface area contributed by atoms with Crippen molar-refractivity contribution in [3.63, 3.8) is 0 Å². The fraction of sp³-hybridized carbons (Fsp3) is 0.636. The van der Waals surface area contributed by atoms with E-state index in [2.05, 4.69) is 40.2 Å². The highest BCUT2D eigenvalue weighted by atomic mass is 127. The van der Waals surface area contributed by atoms with Gasteiger partial charge in [-0.3, -0.25) is 0 Å². The molecule has 1 aliphatic carbocycles. The van der Waals surface area contributed by atoms with Gasteiger partial charge in [-0.15, -0.1) is 0 Å². The average molecular weight is 337 g/mol. The highest BCUT2D eigenvalue weighted by Gasteiger charge is 2.25. The summed E-state index contributed by atoms with van der Waals surface area (Å²) in [5.74, 6) is 1.05. The van der Waals surface area contributed by atoms with Crippen molar-refractivity contribution >= 4 is 34.4 Å². The van der Waals surface area contributed by atoms with Crippen molar-refractivity contribution in [2.45, 2.75) is 37.1 Å². The normalized spacial score (nSPS) is 26.0. The number of hydrogen-bond donors (Lipinski definition) is 1. The largest absolute Gasteiger partial charge is 0.454 e. The van der Waals surface area contributed by atoms with Gasteiger partial charge in [0.1, 0.15) is 5.76 Å². The monoisotopic (exact) mass is 337 g/mol. The van der Waals surface area contributed by atoms with Gasteiger partial charge in [-0.25, -0.2) is 0 Å². The molecule has 2 atom stereocenters. The minimum atomic E-state index is 0.669. The molecule has 1 aliphatic rings. The Labute approximate surface area is 109 Å². The lowest BCUT2D eigenvalue weighted by molar-refractivity contribution is 0.436. The highest BCUT2D eigenvalue weighted by molar-refractivity contribution is 14.1. The van der Waals surface area contributed by atoms with E-state index in [0.717, 1.165) is 21.3 Å². The van der Waals surface area contributed by atoms with Crippen molar-refractivity contribution < 1.29 is 4.42 Å². The minimum Gasteiger partial charge on any atom is -0.454 e. The number of rotatable bonds is 4. The van der Waals surface area contributed by atoms with Crippen LogP contribution in [-0.4, -0.2) is 17.5 Å². The van der Waals surface area contributed by atoms with Crippen LogP contribution in [0.25, 0.3) is 0 Å². The van der Waals surface area contributed by atoms with Gasteiger partial charge < -0.3 is 9.73 Å². The van der Waals surface area contributed by atoms with Crippen LogP contribution in [0.2, 0.25) is 0 Å². The molecule has 2 unspecified atom stereocenters. The first kappa shape index (κ1) is 11.8. The Morgan fingerprint density at radius 3 is 3.07 bits per heavy atom. The van der Waals surface area contributed by atoms with Crippen LogP contribution in [0.4, 0.5) is 0 Å². The maximum atomic E-state index is 5.53. The summed E-state index contributed by atoms with van der Waals surface area (Å²) in [6.45, 7) is 0.866. The topological polar surface area (TPSA) is 25.2 Å². The van der Waals surface area contributed by atoms with Gasteiger partial charge in [0.25, 0.3) is 0 Å².